The highest BCUT2D eigenvalue weighted by Crippen LogP contribution is 2.52. The van der Waals surface area contributed by atoms with E-state index in [0.717, 1.165) is 29.7 Å². The van der Waals surface area contributed by atoms with Gasteiger partial charge in [0.15, 0.2) is 0 Å². The number of allylic oxidation sites excluding steroid dienone is 1. The maximum atomic E-state index is 12.5. The summed E-state index contributed by atoms with van der Waals surface area (Å²) in [5, 5.41) is 0. The Kier molecular flexibility index (Phi) is 4.55. The van der Waals surface area contributed by atoms with Crippen molar-refractivity contribution in [3.63, 3.8) is 0 Å². The zero-order chi connectivity index (χ0) is 19.0. The molecule has 140 valence electrons. The first kappa shape index (κ1) is 17.8. The first-order valence-corrected chi connectivity index (χ1v) is 9.58. The zero-order valence-electron chi connectivity index (χ0n) is 16.1. The van der Waals surface area contributed by atoms with E-state index in [0.29, 0.717) is 19.6 Å². The molecule has 4 rings (SSSR count). The van der Waals surface area contributed by atoms with E-state index in [1.165, 1.54) is 16.7 Å². The van der Waals surface area contributed by atoms with E-state index < -0.39 is 5.41 Å². The Balaban J connectivity index is 1.48. The Labute approximate surface area is 161 Å². The molecule has 1 heterocycles. The van der Waals surface area contributed by atoms with E-state index in [1.807, 2.05) is 12.1 Å². The van der Waals surface area contributed by atoms with E-state index in [4.69, 9.17) is 9.47 Å². The van der Waals surface area contributed by atoms with Crippen LogP contribution < -0.4 is 4.74 Å². The maximum absolute atomic E-state index is 12.5. The molecule has 2 aliphatic rings. The van der Waals surface area contributed by atoms with Gasteiger partial charge in [0.1, 0.15) is 12.4 Å². The molecule has 2 atom stereocenters. The van der Waals surface area contributed by atoms with Gasteiger partial charge < -0.3 is 9.47 Å². The molecule has 1 saturated heterocycles. The molecule has 2 fully saturated rings. The molecule has 3 heteroatoms. The Bertz CT molecular complexity index is 898. The second kappa shape index (κ2) is 6.88. The molecular formula is C24H26O3. The summed E-state index contributed by atoms with van der Waals surface area (Å²) in [5.74, 6) is 1.03. The van der Waals surface area contributed by atoms with Crippen LogP contribution in [0.15, 0.2) is 54.6 Å². The van der Waals surface area contributed by atoms with Crippen LogP contribution in [0.1, 0.15) is 35.1 Å². The van der Waals surface area contributed by atoms with E-state index in [-0.39, 0.29) is 11.9 Å². The highest BCUT2D eigenvalue weighted by molar-refractivity contribution is 5.81. The molecule has 2 aromatic carbocycles. The average molecular weight is 362 g/mol. The minimum atomic E-state index is -0.427. The predicted molar refractivity (Wildman–Crippen MR) is 106 cm³/mol. The van der Waals surface area contributed by atoms with Crippen molar-refractivity contribution in [1.29, 1.82) is 0 Å². The minimum absolute atomic E-state index is 0.0624. The first-order valence-electron chi connectivity index (χ1n) is 9.58. The number of hydrogen-bond acceptors (Lipinski definition) is 3. The number of rotatable bonds is 5. The lowest BCUT2D eigenvalue weighted by molar-refractivity contribution is -0.146. The van der Waals surface area contributed by atoms with Gasteiger partial charge in [-0.3, -0.25) is 4.79 Å². The molecule has 0 amide bonds. The standard InChI is InChI=1S/C24H26O3/c1-16-9-21-15-27-23(25)24(21,12-16)13-19-5-4-6-22(11-19)26-14-20-8-7-17(2)18(3)10-20/h4-8,10-11,21H,1,9,12-15H2,2-3H3. The smallest absolute Gasteiger partial charge is 0.313 e. The second-order valence-electron chi connectivity index (χ2n) is 8.11. The third-order valence-corrected chi connectivity index (χ3v) is 6.10. The number of esters is 1. The quantitative estimate of drug-likeness (QED) is 0.559. The zero-order valence-corrected chi connectivity index (χ0v) is 16.1. The SMILES string of the molecule is C=C1CC2COC(=O)C2(Cc2cccc(OCc3ccc(C)c(C)c3)c2)C1. The van der Waals surface area contributed by atoms with Crippen LogP contribution in [-0.2, 0) is 22.6 Å². The summed E-state index contributed by atoms with van der Waals surface area (Å²) in [7, 11) is 0. The van der Waals surface area contributed by atoms with Crippen LogP contribution in [0.2, 0.25) is 0 Å². The highest BCUT2D eigenvalue weighted by Gasteiger charge is 2.55. The summed E-state index contributed by atoms with van der Waals surface area (Å²) in [6.45, 7) is 9.42. The lowest BCUT2D eigenvalue weighted by Crippen LogP contribution is -2.31. The largest absolute Gasteiger partial charge is 0.489 e. The van der Waals surface area contributed by atoms with Crippen molar-refractivity contribution < 1.29 is 14.3 Å². The monoisotopic (exact) mass is 362 g/mol. The number of carbonyl (C=O) groups excluding carboxylic acids is 1. The van der Waals surface area contributed by atoms with Crippen molar-refractivity contribution in [2.24, 2.45) is 11.3 Å². The number of carbonyl (C=O) groups is 1. The third kappa shape index (κ3) is 3.39. The molecule has 0 aromatic heterocycles. The van der Waals surface area contributed by atoms with Gasteiger partial charge in [-0.05, 0) is 67.5 Å². The molecule has 0 spiro atoms. The van der Waals surface area contributed by atoms with Crippen molar-refractivity contribution in [2.75, 3.05) is 6.61 Å². The molecule has 1 aliphatic heterocycles. The highest BCUT2D eigenvalue weighted by atomic mass is 16.5. The van der Waals surface area contributed by atoms with Crippen molar-refractivity contribution in [2.45, 2.75) is 39.7 Å². The topological polar surface area (TPSA) is 35.5 Å². The molecule has 27 heavy (non-hydrogen) atoms. The van der Waals surface area contributed by atoms with Crippen LogP contribution in [0.3, 0.4) is 0 Å². The molecule has 2 unspecified atom stereocenters. The van der Waals surface area contributed by atoms with E-state index in [9.17, 15) is 4.79 Å². The van der Waals surface area contributed by atoms with Crippen molar-refractivity contribution in [1.82, 2.24) is 0 Å². The fraction of sp³-hybridized carbons (Fsp3) is 0.375. The number of fused-ring (bicyclic) bond motifs is 1. The fourth-order valence-corrected chi connectivity index (χ4v) is 4.43. The van der Waals surface area contributed by atoms with Gasteiger partial charge in [-0.25, -0.2) is 0 Å². The minimum Gasteiger partial charge on any atom is -0.489 e. The molecule has 0 radical (unpaired) electrons. The molecule has 1 aliphatic carbocycles. The van der Waals surface area contributed by atoms with Gasteiger partial charge >= 0.3 is 5.97 Å². The Morgan fingerprint density at radius 2 is 2.00 bits per heavy atom. The normalized spacial score (nSPS) is 24.0. The summed E-state index contributed by atoms with van der Waals surface area (Å²) in [6.07, 6.45) is 2.33. The molecule has 1 saturated carbocycles. The molecular weight excluding hydrogens is 336 g/mol. The van der Waals surface area contributed by atoms with Gasteiger partial charge in [0.25, 0.3) is 0 Å². The Hall–Kier alpha value is -2.55. The summed E-state index contributed by atoms with van der Waals surface area (Å²) in [6, 6.07) is 14.5. The van der Waals surface area contributed by atoms with Gasteiger partial charge in [0.2, 0.25) is 0 Å². The van der Waals surface area contributed by atoms with Gasteiger partial charge in [-0.15, -0.1) is 0 Å². The van der Waals surface area contributed by atoms with E-state index >= 15 is 0 Å². The van der Waals surface area contributed by atoms with Gasteiger partial charge in [-0.2, -0.15) is 0 Å². The molecule has 3 nitrogen and oxygen atoms in total. The summed E-state index contributed by atoms with van der Waals surface area (Å²) >= 11 is 0. The van der Waals surface area contributed by atoms with Crippen LogP contribution in [0.5, 0.6) is 5.75 Å². The summed E-state index contributed by atoms with van der Waals surface area (Å²) < 4.78 is 11.4. The second-order valence-corrected chi connectivity index (χ2v) is 8.11. The molecule has 0 bridgehead atoms. The van der Waals surface area contributed by atoms with E-state index in [1.54, 1.807) is 0 Å². The van der Waals surface area contributed by atoms with Crippen molar-refractivity contribution in [3.8, 4) is 5.75 Å². The van der Waals surface area contributed by atoms with Crippen LogP contribution >= 0.6 is 0 Å². The molecule has 2 aromatic rings. The van der Waals surface area contributed by atoms with Gasteiger partial charge in [-0.1, -0.05) is 42.5 Å². The number of cyclic esters (lactones) is 1. The van der Waals surface area contributed by atoms with Crippen LogP contribution in [0, 0.1) is 25.2 Å². The van der Waals surface area contributed by atoms with Crippen molar-refractivity contribution >= 4 is 5.97 Å². The lowest BCUT2D eigenvalue weighted by Gasteiger charge is -2.24. The number of aryl methyl sites for hydroxylation is 2. The Morgan fingerprint density at radius 1 is 1.15 bits per heavy atom. The van der Waals surface area contributed by atoms with E-state index in [2.05, 4.69) is 50.8 Å². The average Bonchev–Trinajstić information content (AvgIpc) is 3.11. The number of ether oxygens (including phenoxy) is 2. The third-order valence-electron chi connectivity index (χ3n) is 6.10. The molecule has 0 N–H and O–H groups in total. The summed E-state index contributed by atoms with van der Waals surface area (Å²) in [4.78, 5) is 12.5. The van der Waals surface area contributed by atoms with Gasteiger partial charge in [0.05, 0.1) is 12.0 Å². The summed E-state index contributed by atoms with van der Waals surface area (Å²) in [5.41, 5.74) is 5.58. The van der Waals surface area contributed by atoms with Crippen LogP contribution in [0.4, 0.5) is 0 Å². The predicted octanol–water partition coefficient (Wildman–Crippen LogP) is 4.93. The first-order chi connectivity index (χ1) is 13.0. The van der Waals surface area contributed by atoms with Crippen molar-refractivity contribution in [3.05, 3.63) is 76.9 Å². The maximum Gasteiger partial charge on any atom is 0.313 e. The fourth-order valence-electron chi connectivity index (χ4n) is 4.43. The van der Waals surface area contributed by atoms with Crippen LogP contribution in [0.25, 0.3) is 0 Å². The lowest BCUT2D eigenvalue weighted by atomic mass is 9.75. The number of benzene rings is 2. The van der Waals surface area contributed by atoms with Gasteiger partial charge in [0, 0.05) is 5.92 Å². The number of hydrogen-bond donors (Lipinski definition) is 0. The Morgan fingerprint density at radius 3 is 2.81 bits per heavy atom. The van der Waals surface area contributed by atoms with Crippen LogP contribution in [-0.4, -0.2) is 12.6 Å².